The lowest BCUT2D eigenvalue weighted by Crippen LogP contribution is -1.78. The summed E-state index contributed by atoms with van der Waals surface area (Å²) in [4.78, 5) is 0. The maximum Gasteiger partial charge on any atom is -0.000615 e. The van der Waals surface area contributed by atoms with Crippen LogP contribution in [0.25, 0.3) is 0 Å². The van der Waals surface area contributed by atoms with Crippen LogP contribution in [-0.2, 0) is 0 Å². The average molecular weight is 136 g/mol. The maximum absolute atomic E-state index is 3.12. The van der Waals surface area contributed by atoms with E-state index in [9.17, 15) is 0 Å². The molecule has 0 aliphatic rings. The van der Waals surface area contributed by atoms with Gasteiger partial charge in [-0.1, -0.05) is 26.0 Å². The molecule has 1 atom stereocenters. The van der Waals surface area contributed by atoms with Crippen molar-refractivity contribution in [2.75, 3.05) is 0 Å². The third kappa shape index (κ3) is 5.40. The molecule has 0 nitrogen and oxygen atoms in total. The van der Waals surface area contributed by atoms with Crippen LogP contribution < -0.4 is 0 Å². The fourth-order valence-electron chi connectivity index (χ4n) is 0.697. The predicted molar refractivity (Wildman–Crippen MR) is 46.9 cm³/mol. The fraction of sp³-hybridized carbons (Fsp3) is 0.500. The Morgan fingerprint density at radius 1 is 1.50 bits per heavy atom. The summed E-state index contributed by atoms with van der Waals surface area (Å²) < 4.78 is 0. The predicted octanol–water partition coefficient (Wildman–Crippen LogP) is 3.32. The molecule has 0 amide bonds. The van der Waals surface area contributed by atoms with Crippen molar-refractivity contribution in [2.45, 2.75) is 27.2 Å². The van der Waals surface area contributed by atoms with E-state index in [4.69, 9.17) is 0 Å². The summed E-state index contributed by atoms with van der Waals surface area (Å²) in [5.74, 6) is 0.521. The molecule has 0 aromatic heterocycles. The minimum atomic E-state index is 0.521. The number of hydrogen-bond acceptors (Lipinski definition) is 0. The van der Waals surface area contributed by atoms with Gasteiger partial charge in [-0.05, 0) is 31.4 Å². The molecule has 1 unspecified atom stereocenters. The molecule has 0 aromatic rings. The molecule has 0 N–H and O–H groups in total. The van der Waals surface area contributed by atoms with Gasteiger partial charge < -0.3 is 0 Å². The quantitative estimate of drug-likeness (QED) is 0.412. The summed E-state index contributed by atoms with van der Waals surface area (Å²) >= 11 is 0. The molecule has 0 bridgehead atoms. The topological polar surface area (TPSA) is 0 Å². The highest BCUT2D eigenvalue weighted by Crippen LogP contribution is 1.97. The standard InChI is InChI=1S/C10H16/c1-4-6-7-9-10(3)8-5-2/h5-6,8-10H,4H2,1-3H3. The first-order valence-electron chi connectivity index (χ1n) is 3.85. The first-order chi connectivity index (χ1) is 4.81. The van der Waals surface area contributed by atoms with Crippen molar-refractivity contribution in [3.8, 4) is 0 Å². The van der Waals surface area contributed by atoms with Gasteiger partial charge in [0.05, 0.1) is 0 Å². The first-order valence-corrected chi connectivity index (χ1v) is 3.85. The Kier molecular flexibility index (Phi) is 5.91. The summed E-state index contributed by atoms with van der Waals surface area (Å²) in [6.07, 6.45) is 9.40. The molecule has 0 saturated heterocycles. The number of rotatable bonds is 3. The van der Waals surface area contributed by atoms with Crippen molar-refractivity contribution in [2.24, 2.45) is 5.92 Å². The van der Waals surface area contributed by atoms with Crippen molar-refractivity contribution < 1.29 is 0 Å². The van der Waals surface area contributed by atoms with Crippen LogP contribution in [0.1, 0.15) is 27.2 Å². The second-order valence-corrected chi connectivity index (χ2v) is 2.33. The molecular weight excluding hydrogens is 120 g/mol. The third-order valence-electron chi connectivity index (χ3n) is 1.18. The van der Waals surface area contributed by atoms with E-state index >= 15 is 0 Å². The van der Waals surface area contributed by atoms with Crippen LogP contribution in [-0.4, -0.2) is 0 Å². The second-order valence-electron chi connectivity index (χ2n) is 2.33. The van der Waals surface area contributed by atoms with E-state index in [2.05, 4.69) is 37.8 Å². The zero-order valence-corrected chi connectivity index (χ0v) is 7.09. The fourth-order valence-corrected chi connectivity index (χ4v) is 0.697. The summed E-state index contributed by atoms with van der Waals surface area (Å²) in [6, 6.07) is 0. The summed E-state index contributed by atoms with van der Waals surface area (Å²) in [6.45, 7) is 6.30. The lowest BCUT2D eigenvalue weighted by Gasteiger charge is -1.91. The molecule has 0 heterocycles. The monoisotopic (exact) mass is 136 g/mol. The summed E-state index contributed by atoms with van der Waals surface area (Å²) in [5, 5.41) is 0. The Morgan fingerprint density at radius 3 is 2.70 bits per heavy atom. The molecule has 0 aliphatic carbocycles. The summed E-state index contributed by atoms with van der Waals surface area (Å²) in [7, 11) is 0. The van der Waals surface area contributed by atoms with E-state index in [-0.39, 0.29) is 0 Å². The van der Waals surface area contributed by atoms with Crippen molar-refractivity contribution in [1.82, 2.24) is 0 Å². The van der Waals surface area contributed by atoms with Gasteiger partial charge in [0.15, 0.2) is 0 Å². The van der Waals surface area contributed by atoms with E-state index < -0.39 is 0 Å². The van der Waals surface area contributed by atoms with Gasteiger partial charge >= 0.3 is 0 Å². The minimum absolute atomic E-state index is 0.521. The van der Waals surface area contributed by atoms with Gasteiger partial charge in [-0.15, -0.1) is 5.73 Å². The second kappa shape index (κ2) is 6.38. The molecule has 0 aromatic carbocycles. The van der Waals surface area contributed by atoms with Crippen LogP contribution in [0.3, 0.4) is 0 Å². The highest BCUT2D eigenvalue weighted by Gasteiger charge is 1.83. The SMILES string of the molecule is CC=CC(C)C=C=CCC. The maximum atomic E-state index is 3.12. The number of hydrogen-bond donors (Lipinski definition) is 0. The van der Waals surface area contributed by atoms with Crippen LogP contribution >= 0.6 is 0 Å². The minimum Gasteiger partial charge on any atom is -0.129 e. The van der Waals surface area contributed by atoms with E-state index in [0.717, 1.165) is 6.42 Å². The molecule has 0 saturated carbocycles. The molecular formula is C10H16. The van der Waals surface area contributed by atoms with E-state index in [1.807, 2.05) is 13.0 Å². The lowest BCUT2D eigenvalue weighted by molar-refractivity contribution is 0.938. The van der Waals surface area contributed by atoms with Crippen LogP contribution in [0.2, 0.25) is 0 Å². The zero-order valence-electron chi connectivity index (χ0n) is 7.09. The number of allylic oxidation sites excluding steroid dienone is 3. The zero-order chi connectivity index (χ0) is 7.82. The highest BCUT2D eigenvalue weighted by molar-refractivity contribution is 4.97. The molecule has 0 radical (unpaired) electrons. The Labute approximate surface area is 64.0 Å². The molecule has 0 spiro atoms. The van der Waals surface area contributed by atoms with Gasteiger partial charge in [0.25, 0.3) is 0 Å². The van der Waals surface area contributed by atoms with E-state index in [0.29, 0.717) is 5.92 Å². The van der Waals surface area contributed by atoms with Crippen LogP contribution in [0.15, 0.2) is 30.0 Å². The molecule has 56 valence electrons. The Balaban J connectivity index is 3.76. The van der Waals surface area contributed by atoms with Crippen LogP contribution in [0.4, 0.5) is 0 Å². The van der Waals surface area contributed by atoms with Crippen molar-refractivity contribution in [3.63, 3.8) is 0 Å². The molecule has 0 aliphatic heterocycles. The van der Waals surface area contributed by atoms with Crippen LogP contribution in [0.5, 0.6) is 0 Å². The van der Waals surface area contributed by atoms with E-state index in [1.54, 1.807) is 0 Å². The van der Waals surface area contributed by atoms with Gasteiger partial charge in [-0.3, -0.25) is 0 Å². The van der Waals surface area contributed by atoms with E-state index in [1.165, 1.54) is 0 Å². The highest BCUT2D eigenvalue weighted by atomic mass is 13.9. The Bertz CT molecular complexity index is 145. The van der Waals surface area contributed by atoms with Gasteiger partial charge in [0, 0.05) is 0 Å². The first kappa shape index (κ1) is 9.26. The van der Waals surface area contributed by atoms with Crippen molar-refractivity contribution in [1.29, 1.82) is 0 Å². The lowest BCUT2D eigenvalue weighted by atomic mass is 10.1. The van der Waals surface area contributed by atoms with Gasteiger partial charge in [0.2, 0.25) is 0 Å². The molecule has 0 heteroatoms. The smallest absolute Gasteiger partial charge is 0.000615 e. The van der Waals surface area contributed by atoms with Crippen molar-refractivity contribution >= 4 is 0 Å². The van der Waals surface area contributed by atoms with Crippen LogP contribution in [0, 0.1) is 5.92 Å². The average Bonchev–Trinajstić information content (AvgIpc) is 1.89. The van der Waals surface area contributed by atoms with Crippen molar-refractivity contribution in [3.05, 3.63) is 30.0 Å². The largest absolute Gasteiger partial charge is 0.129 e. The third-order valence-corrected chi connectivity index (χ3v) is 1.18. The van der Waals surface area contributed by atoms with Gasteiger partial charge in [0.1, 0.15) is 0 Å². The molecule has 0 rings (SSSR count). The molecule has 0 fully saturated rings. The Hall–Kier alpha value is -0.740. The van der Waals surface area contributed by atoms with Gasteiger partial charge in [-0.2, -0.15) is 0 Å². The molecule has 10 heavy (non-hydrogen) atoms. The normalized spacial score (nSPS) is 12.7. The Morgan fingerprint density at radius 2 is 2.20 bits per heavy atom. The van der Waals surface area contributed by atoms with Gasteiger partial charge in [-0.25, -0.2) is 0 Å². The summed E-state index contributed by atoms with van der Waals surface area (Å²) in [5.41, 5.74) is 3.12.